The van der Waals surface area contributed by atoms with Crippen LogP contribution >= 0.6 is 0 Å². The molecule has 7 heteroatoms. The second-order valence-corrected chi connectivity index (χ2v) is 6.77. The summed E-state index contributed by atoms with van der Waals surface area (Å²) in [5.74, 6) is -0.595. The molecule has 0 saturated carbocycles. The van der Waals surface area contributed by atoms with Crippen molar-refractivity contribution in [3.8, 4) is 5.75 Å². The summed E-state index contributed by atoms with van der Waals surface area (Å²) in [6.07, 6.45) is 1.80. The zero-order chi connectivity index (χ0) is 19.7. The number of benzene rings is 2. The minimum atomic E-state index is -0.621. The van der Waals surface area contributed by atoms with Crippen LogP contribution in [0.25, 0.3) is 0 Å². The molecule has 1 fully saturated rings. The van der Waals surface area contributed by atoms with Crippen molar-refractivity contribution in [2.75, 3.05) is 30.5 Å². The van der Waals surface area contributed by atoms with Gasteiger partial charge >= 0.3 is 5.97 Å². The lowest BCUT2D eigenvalue weighted by molar-refractivity contribution is -0.117. The maximum absolute atomic E-state index is 12.4. The number of hydrogen-bond acceptors (Lipinski definition) is 6. The molecule has 144 valence electrons. The van der Waals surface area contributed by atoms with E-state index in [0.29, 0.717) is 17.0 Å². The molecular weight excluding hydrogens is 360 g/mol. The number of amides is 1. The van der Waals surface area contributed by atoms with Crippen LogP contribution in [0.15, 0.2) is 42.5 Å². The number of fused-ring (bicyclic) bond motifs is 3. The molecule has 0 aromatic heterocycles. The molecular formula is C21H20N2O5. The smallest absolute Gasteiger partial charge is 0.338 e. The van der Waals surface area contributed by atoms with Gasteiger partial charge in [0.25, 0.3) is 0 Å². The third kappa shape index (κ3) is 3.19. The number of ether oxygens (including phenoxy) is 2. The first kappa shape index (κ1) is 18.0. The monoisotopic (exact) mass is 380 g/mol. The number of hydrogen-bond donors (Lipinski definition) is 1. The van der Waals surface area contributed by atoms with Crippen LogP contribution in [-0.4, -0.2) is 44.0 Å². The summed E-state index contributed by atoms with van der Waals surface area (Å²) in [6, 6.07) is 11.7. The van der Waals surface area contributed by atoms with Crippen LogP contribution in [0, 0.1) is 0 Å². The summed E-state index contributed by atoms with van der Waals surface area (Å²) in [6.45, 7) is 0.430. The number of rotatable bonds is 5. The molecule has 0 spiro atoms. The van der Waals surface area contributed by atoms with Crippen LogP contribution in [-0.2, 0) is 9.53 Å². The van der Waals surface area contributed by atoms with Crippen molar-refractivity contribution >= 4 is 29.0 Å². The zero-order valence-corrected chi connectivity index (χ0v) is 15.4. The summed E-state index contributed by atoms with van der Waals surface area (Å²) in [7, 11) is 1.48. The second-order valence-electron chi connectivity index (χ2n) is 6.77. The molecule has 4 rings (SSSR count). The van der Waals surface area contributed by atoms with Crippen LogP contribution < -0.4 is 15.0 Å². The molecule has 2 aromatic carbocycles. The molecule has 0 radical (unpaired) electrons. The normalized spacial score (nSPS) is 17.4. The molecule has 1 unspecified atom stereocenters. The van der Waals surface area contributed by atoms with Gasteiger partial charge in [-0.3, -0.25) is 9.59 Å². The third-order valence-electron chi connectivity index (χ3n) is 5.10. The summed E-state index contributed by atoms with van der Waals surface area (Å²) in [5.41, 5.74) is 2.14. The number of Topliss-reactive ketones (excluding diaryl/α,β-unsaturated/α-hetero) is 1. The molecule has 2 aromatic rings. The van der Waals surface area contributed by atoms with E-state index in [1.807, 2.05) is 6.07 Å². The number of nitrogens with one attached hydrogen (secondary N) is 1. The highest BCUT2D eigenvalue weighted by Crippen LogP contribution is 2.37. The predicted octanol–water partition coefficient (Wildman–Crippen LogP) is 2.66. The van der Waals surface area contributed by atoms with Gasteiger partial charge in [0.2, 0.25) is 11.7 Å². The van der Waals surface area contributed by atoms with Gasteiger partial charge in [-0.15, -0.1) is 0 Å². The Balaban J connectivity index is 1.47. The van der Waals surface area contributed by atoms with Crippen molar-refractivity contribution in [1.82, 2.24) is 0 Å². The Labute approximate surface area is 162 Å². The van der Waals surface area contributed by atoms with Gasteiger partial charge in [-0.2, -0.15) is 0 Å². The quantitative estimate of drug-likeness (QED) is 0.634. The lowest BCUT2D eigenvalue weighted by Gasteiger charge is -2.33. The number of carbonyl (C=O) groups is 3. The number of methoxy groups -OCH3 is 1. The van der Waals surface area contributed by atoms with Gasteiger partial charge in [0.05, 0.1) is 29.6 Å². The maximum Gasteiger partial charge on any atom is 0.338 e. The van der Waals surface area contributed by atoms with Crippen molar-refractivity contribution in [2.45, 2.75) is 18.9 Å². The summed E-state index contributed by atoms with van der Waals surface area (Å²) in [5, 5.41) is 2.86. The van der Waals surface area contributed by atoms with Crippen LogP contribution in [0.4, 0.5) is 11.4 Å². The van der Waals surface area contributed by atoms with Gasteiger partial charge in [-0.05, 0) is 43.2 Å². The van der Waals surface area contributed by atoms with E-state index in [1.54, 1.807) is 36.4 Å². The first-order valence-electron chi connectivity index (χ1n) is 9.13. The molecule has 2 aliphatic heterocycles. The summed E-state index contributed by atoms with van der Waals surface area (Å²) >= 11 is 0. The number of esters is 1. The summed E-state index contributed by atoms with van der Waals surface area (Å²) in [4.78, 5) is 39.0. The molecule has 0 bridgehead atoms. The highest BCUT2D eigenvalue weighted by atomic mass is 16.5. The molecule has 1 atom stereocenters. The fraction of sp³-hybridized carbons (Fsp3) is 0.286. The fourth-order valence-electron chi connectivity index (χ4n) is 3.72. The topological polar surface area (TPSA) is 84.9 Å². The Kier molecular flexibility index (Phi) is 4.73. The van der Waals surface area contributed by atoms with E-state index in [-0.39, 0.29) is 23.3 Å². The van der Waals surface area contributed by atoms with Crippen LogP contribution in [0.1, 0.15) is 33.6 Å². The summed E-state index contributed by atoms with van der Waals surface area (Å²) < 4.78 is 10.3. The van der Waals surface area contributed by atoms with E-state index < -0.39 is 12.6 Å². The molecule has 1 saturated heterocycles. The molecule has 2 heterocycles. The van der Waals surface area contributed by atoms with E-state index in [2.05, 4.69) is 10.2 Å². The highest BCUT2D eigenvalue weighted by molar-refractivity contribution is 6.06. The Bertz CT molecular complexity index is 956. The van der Waals surface area contributed by atoms with Gasteiger partial charge in [0.1, 0.15) is 11.8 Å². The first-order valence-corrected chi connectivity index (χ1v) is 9.13. The standard InChI is InChI=1S/C21H20N2O5/c1-27-19-7-3-2-5-14(19)18(24)12-28-21(26)13-8-9-16-15(11-13)22-20(25)17-6-4-10-23(16)17/h2-3,5,7-9,11,17H,4,6,10,12H2,1H3,(H,22,25). The SMILES string of the molecule is COc1ccccc1C(=O)COC(=O)c1ccc2c(c1)NC(=O)C1CCCN21. The molecule has 0 aliphatic carbocycles. The number of para-hydroxylation sites is 1. The first-order chi connectivity index (χ1) is 13.6. The van der Waals surface area contributed by atoms with E-state index in [1.165, 1.54) is 7.11 Å². The Morgan fingerprint density at radius 2 is 2.04 bits per heavy atom. The molecule has 7 nitrogen and oxygen atoms in total. The predicted molar refractivity (Wildman–Crippen MR) is 103 cm³/mol. The third-order valence-corrected chi connectivity index (χ3v) is 5.10. The Morgan fingerprint density at radius 3 is 2.86 bits per heavy atom. The maximum atomic E-state index is 12.4. The van der Waals surface area contributed by atoms with Crippen molar-refractivity contribution in [3.05, 3.63) is 53.6 Å². The van der Waals surface area contributed by atoms with Gasteiger partial charge < -0.3 is 19.7 Å². The van der Waals surface area contributed by atoms with Gasteiger partial charge in [0, 0.05) is 6.54 Å². The molecule has 2 aliphatic rings. The van der Waals surface area contributed by atoms with Gasteiger partial charge in [0.15, 0.2) is 6.61 Å². The largest absolute Gasteiger partial charge is 0.496 e. The van der Waals surface area contributed by atoms with E-state index in [0.717, 1.165) is 25.1 Å². The minimum absolute atomic E-state index is 0.0538. The number of nitrogens with zero attached hydrogens (tertiary/aromatic N) is 1. The molecule has 1 amide bonds. The zero-order valence-electron chi connectivity index (χ0n) is 15.4. The van der Waals surface area contributed by atoms with E-state index in [9.17, 15) is 14.4 Å². The van der Waals surface area contributed by atoms with Crippen molar-refractivity contribution in [3.63, 3.8) is 0 Å². The lowest BCUT2D eigenvalue weighted by atomic mass is 10.1. The second kappa shape index (κ2) is 7.34. The average molecular weight is 380 g/mol. The minimum Gasteiger partial charge on any atom is -0.496 e. The van der Waals surface area contributed by atoms with Crippen LogP contribution in [0.3, 0.4) is 0 Å². The average Bonchev–Trinajstić information content (AvgIpc) is 3.22. The van der Waals surface area contributed by atoms with E-state index in [4.69, 9.17) is 9.47 Å². The van der Waals surface area contributed by atoms with Crippen molar-refractivity contribution < 1.29 is 23.9 Å². The fourth-order valence-corrected chi connectivity index (χ4v) is 3.72. The number of carbonyl (C=O) groups excluding carboxylic acids is 3. The highest BCUT2D eigenvalue weighted by Gasteiger charge is 2.36. The van der Waals surface area contributed by atoms with Crippen LogP contribution in [0.2, 0.25) is 0 Å². The molecule has 28 heavy (non-hydrogen) atoms. The molecule has 1 N–H and O–H groups in total. The van der Waals surface area contributed by atoms with Gasteiger partial charge in [-0.25, -0.2) is 4.79 Å². The van der Waals surface area contributed by atoms with Gasteiger partial charge in [-0.1, -0.05) is 12.1 Å². The Morgan fingerprint density at radius 1 is 1.21 bits per heavy atom. The Hall–Kier alpha value is -3.35. The van der Waals surface area contributed by atoms with E-state index >= 15 is 0 Å². The van der Waals surface area contributed by atoms with Crippen molar-refractivity contribution in [1.29, 1.82) is 0 Å². The van der Waals surface area contributed by atoms with Crippen molar-refractivity contribution in [2.24, 2.45) is 0 Å². The number of anilines is 2. The van der Waals surface area contributed by atoms with Crippen LogP contribution in [0.5, 0.6) is 5.75 Å². The lowest BCUT2D eigenvalue weighted by Crippen LogP contribution is -2.43. The number of ketones is 1.